The van der Waals surface area contributed by atoms with Gasteiger partial charge in [-0.3, -0.25) is 9.48 Å². The highest BCUT2D eigenvalue weighted by Gasteiger charge is 2.48. The van der Waals surface area contributed by atoms with Crippen LogP contribution in [0.5, 0.6) is 0 Å². The molecule has 1 aliphatic rings. The first kappa shape index (κ1) is 21.9. The number of hydrogen-bond donors (Lipinski definition) is 1. The van der Waals surface area contributed by atoms with Crippen LogP contribution in [-0.2, 0) is 13.6 Å². The zero-order valence-electron chi connectivity index (χ0n) is 16.9. The molecule has 4 heterocycles. The number of halogens is 4. The van der Waals surface area contributed by atoms with Crippen molar-refractivity contribution in [3.8, 4) is 0 Å². The van der Waals surface area contributed by atoms with E-state index in [1.165, 1.54) is 16.2 Å². The summed E-state index contributed by atoms with van der Waals surface area (Å²) in [5.74, 6) is -0.325. The molecule has 2 unspecified atom stereocenters. The Morgan fingerprint density at radius 1 is 1.42 bits per heavy atom. The molecule has 31 heavy (non-hydrogen) atoms. The van der Waals surface area contributed by atoms with Gasteiger partial charge in [0.2, 0.25) is 0 Å². The Morgan fingerprint density at radius 3 is 2.74 bits per heavy atom. The number of aryl methyl sites for hydroxylation is 2. The van der Waals surface area contributed by atoms with Gasteiger partial charge in [-0.1, -0.05) is 6.07 Å². The zero-order valence-corrected chi connectivity index (χ0v) is 19.3. The number of aromatic nitrogens is 4. The van der Waals surface area contributed by atoms with E-state index in [-0.39, 0.29) is 29.0 Å². The smallest absolute Gasteiger partial charge is 0.362 e. The molecule has 3 aromatic heterocycles. The summed E-state index contributed by atoms with van der Waals surface area (Å²) < 4.78 is 44.3. The Labute approximate surface area is 189 Å². The third-order valence-corrected chi connectivity index (χ3v) is 6.99. The topological polar surface area (TPSA) is 68.0 Å². The minimum atomic E-state index is -4.50. The molecule has 0 spiro atoms. The lowest BCUT2D eigenvalue weighted by Gasteiger charge is -2.33. The van der Waals surface area contributed by atoms with Crippen molar-refractivity contribution in [2.75, 3.05) is 12.4 Å². The number of amides is 1. The summed E-state index contributed by atoms with van der Waals surface area (Å²) in [5, 5.41) is 13.3. The second-order valence-electron chi connectivity index (χ2n) is 7.54. The summed E-state index contributed by atoms with van der Waals surface area (Å²) in [4.78, 5) is 15.3. The molecule has 0 saturated heterocycles. The molecule has 0 fully saturated rings. The van der Waals surface area contributed by atoms with Crippen LogP contribution in [0.25, 0.3) is 0 Å². The first-order valence-electron chi connectivity index (χ1n) is 9.45. The fraction of sp³-hybridized carbons (Fsp3) is 0.421. The van der Waals surface area contributed by atoms with Crippen molar-refractivity contribution < 1.29 is 18.0 Å². The van der Waals surface area contributed by atoms with Crippen molar-refractivity contribution in [3.05, 3.63) is 50.0 Å². The van der Waals surface area contributed by atoms with Crippen molar-refractivity contribution in [2.45, 2.75) is 38.1 Å². The maximum absolute atomic E-state index is 13.9. The molecule has 0 radical (unpaired) electrons. The van der Waals surface area contributed by atoms with Crippen LogP contribution < -0.4 is 5.32 Å². The average Bonchev–Trinajstić information content (AvgIpc) is 3.40. The van der Waals surface area contributed by atoms with E-state index >= 15 is 0 Å². The van der Waals surface area contributed by atoms with Gasteiger partial charge in [-0.05, 0) is 34.3 Å². The molecule has 2 atom stereocenters. The lowest BCUT2D eigenvalue weighted by atomic mass is 10.0. The van der Waals surface area contributed by atoms with E-state index in [0.29, 0.717) is 0 Å². The van der Waals surface area contributed by atoms with E-state index in [1.54, 1.807) is 37.1 Å². The fourth-order valence-electron chi connectivity index (χ4n) is 3.71. The normalized spacial score (nSPS) is 18.5. The molecule has 4 rings (SSSR count). The second-order valence-corrected chi connectivity index (χ2v) is 9.31. The molecular formula is C19H20BrF3N6OS. The number of carbonyl (C=O) groups is 1. The van der Waals surface area contributed by atoms with Crippen LogP contribution in [-0.4, -0.2) is 43.6 Å². The van der Waals surface area contributed by atoms with E-state index in [2.05, 4.69) is 31.4 Å². The molecule has 0 aliphatic carbocycles. The SMILES string of the molecule is Cc1nn(C)cc1CN(C)C(=O)c1nn2c(c1Br)NC(c1cccs1)CC2C(F)(F)F. The summed E-state index contributed by atoms with van der Waals surface area (Å²) >= 11 is 4.71. The predicted octanol–water partition coefficient (Wildman–Crippen LogP) is 4.68. The first-order chi connectivity index (χ1) is 14.6. The molecule has 1 N–H and O–H groups in total. The molecule has 1 amide bonds. The van der Waals surface area contributed by atoms with Crippen molar-refractivity contribution in [3.63, 3.8) is 0 Å². The predicted molar refractivity (Wildman–Crippen MR) is 114 cm³/mol. The number of fused-ring (bicyclic) bond motifs is 1. The number of anilines is 1. The van der Waals surface area contributed by atoms with Gasteiger partial charge in [-0.2, -0.15) is 23.4 Å². The fourth-order valence-corrected chi connectivity index (χ4v) is 5.05. The van der Waals surface area contributed by atoms with Gasteiger partial charge < -0.3 is 10.2 Å². The molecule has 12 heteroatoms. The molecule has 166 valence electrons. The van der Waals surface area contributed by atoms with Gasteiger partial charge >= 0.3 is 6.18 Å². The third-order valence-electron chi connectivity index (χ3n) is 5.25. The number of nitrogens with zero attached hydrogens (tertiary/aromatic N) is 5. The van der Waals surface area contributed by atoms with E-state index < -0.39 is 24.2 Å². The number of rotatable bonds is 4. The Balaban J connectivity index is 1.67. The van der Waals surface area contributed by atoms with Gasteiger partial charge in [0, 0.05) is 43.7 Å². The van der Waals surface area contributed by atoms with E-state index in [4.69, 9.17) is 0 Å². The van der Waals surface area contributed by atoms with E-state index in [1.807, 2.05) is 12.3 Å². The van der Waals surface area contributed by atoms with Crippen LogP contribution in [0.3, 0.4) is 0 Å². The molecule has 1 aliphatic heterocycles. The van der Waals surface area contributed by atoms with Crippen LogP contribution >= 0.6 is 27.3 Å². The second kappa shape index (κ2) is 7.97. The van der Waals surface area contributed by atoms with Gasteiger partial charge in [0.15, 0.2) is 11.7 Å². The number of hydrogen-bond acceptors (Lipinski definition) is 5. The third kappa shape index (κ3) is 4.10. The van der Waals surface area contributed by atoms with Crippen molar-refractivity contribution in [1.82, 2.24) is 24.5 Å². The number of nitrogens with one attached hydrogen (secondary N) is 1. The van der Waals surface area contributed by atoms with Gasteiger partial charge in [-0.25, -0.2) is 4.68 Å². The van der Waals surface area contributed by atoms with Gasteiger partial charge in [0.05, 0.1) is 16.2 Å². The number of thiophene rings is 1. The number of carbonyl (C=O) groups excluding carboxylic acids is 1. The van der Waals surface area contributed by atoms with Gasteiger partial charge in [0.1, 0.15) is 5.82 Å². The molecule has 0 saturated carbocycles. The molecular weight excluding hydrogens is 497 g/mol. The molecule has 3 aromatic rings. The van der Waals surface area contributed by atoms with Crippen LogP contribution in [0.2, 0.25) is 0 Å². The minimum Gasteiger partial charge on any atom is -0.362 e. The standard InChI is InChI=1S/C19H20BrF3N6OS/c1-10-11(9-28(3)25-10)8-27(2)18(30)16-15(20)17-24-12(13-5-4-6-31-13)7-14(19(21,22)23)29(17)26-16/h4-6,9,12,14,24H,7-8H2,1-3H3. The van der Waals surface area contributed by atoms with E-state index in [0.717, 1.165) is 20.8 Å². The van der Waals surface area contributed by atoms with Crippen molar-refractivity contribution in [1.29, 1.82) is 0 Å². The summed E-state index contributed by atoms with van der Waals surface area (Å²) in [5.41, 5.74) is 1.57. The van der Waals surface area contributed by atoms with Crippen LogP contribution in [0.1, 0.15) is 45.1 Å². The van der Waals surface area contributed by atoms with Crippen molar-refractivity contribution in [2.24, 2.45) is 7.05 Å². The Morgan fingerprint density at radius 2 is 2.16 bits per heavy atom. The summed E-state index contributed by atoms with van der Waals surface area (Å²) in [6.07, 6.45) is -2.90. The number of alkyl halides is 3. The van der Waals surface area contributed by atoms with E-state index in [9.17, 15) is 18.0 Å². The maximum atomic E-state index is 13.9. The Bertz CT molecular complexity index is 1110. The summed E-state index contributed by atoms with van der Waals surface area (Å²) in [6, 6.07) is 1.24. The monoisotopic (exact) mass is 516 g/mol. The highest BCUT2D eigenvalue weighted by Crippen LogP contribution is 2.47. The Hall–Kier alpha value is -2.34. The molecule has 0 aromatic carbocycles. The van der Waals surface area contributed by atoms with Crippen LogP contribution in [0.15, 0.2) is 28.2 Å². The minimum absolute atomic E-state index is 0.0624. The average molecular weight is 517 g/mol. The quantitative estimate of drug-likeness (QED) is 0.546. The highest BCUT2D eigenvalue weighted by atomic mass is 79.9. The van der Waals surface area contributed by atoms with Crippen LogP contribution in [0, 0.1) is 6.92 Å². The van der Waals surface area contributed by atoms with Gasteiger partial charge in [-0.15, -0.1) is 11.3 Å². The largest absolute Gasteiger partial charge is 0.410 e. The Kier molecular flexibility index (Phi) is 5.63. The zero-order chi connectivity index (χ0) is 22.5. The van der Waals surface area contributed by atoms with Crippen LogP contribution in [0.4, 0.5) is 19.0 Å². The van der Waals surface area contributed by atoms with Crippen molar-refractivity contribution >= 4 is 39.0 Å². The summed E-state index contributed by atoms with van der Waals surface area (Å²) in [6.45, 7) is 2.10. The lowest BCUT2D eigenvalue weighted by molar-refractivity contribution is -0.173. The maximum Gasteiger partial charge on any atom is 0.410 e. The summed E-state index contributed by atoms with van der Waals surface area (Å²) in [7, 11) is 3.37. The lowest BCUT2D eigenvalue weighted by Crippen LogP contribution is -2.35. The molecule has 7 nitrogen and oxygen atoms in total. The van der Waals surface area contributed by atoms with Gasteiger partial charge in [0.25, 0.3) is 5.91 Å². The highest BCUT2D eigenvalue weighted by molar-refractivity contribution is 9.10. The molecule has 0 bridgehead atoms. The first-order valence-corrected chi connectivity index (χ1v) is 11.1.